The zero-order chi connectivity index (χ0) is 15.0. The van der Waals surface area contributed by atoms with Crippen LogP contribution in [0.5, 0.6) is 5.75 Å². The Kier molecular flexibility index (Phi) is 3.51. The summed E-state index contributed by atoms with van der Waals surface area (Å²) in [5, 5.41) is 12.2. The van der Waals surface area contributed by atoms with Crippen molar-refractivity contribution in [2.24, 2.45) is 7.05 Å². The zero-order valence-corrected chi connectivity index (χ0v) is 12.8. The van der Waals surface area contributed by atoms with Crippen LogP contribution < -0.4 is 0 Å². The Balaban J connectivity index is 1.85. The van der Waals surface area contributed by atoms with E-state index in [-0.39, 0.29) is 11.5 Å². The highest BCUT2D eigenvalue weighted by atomic mass is 32.1. The average molecular weight is 300 g/mol. The molecule has 0 fully saturated rings. The van der Waals surface area contributed by atoms with Crippen molar-refractivity contribution in [3.05, 3.63) is 45.9 Å². The quantitative estimate of drug-likeness (QED) is 0.751. The minimum absolute atomic E-state index is 0.113. The van der Waals surface area contributed by atoms with Crippen LogP contribution in [0.4, 0.5) is 0 Å². The molecule has 0 radical (unpaired) electrons. The summed E-state index contributed by atoms with van der Waals surface area (Å²) in [6.45, 7) is 1.90. The third-order valence-electron chi connectivity index (χ3n) is 3.75. The summed E-state index contributed by atoms with van der Waals surface area (Å²) in [5.41, 5.74) is 2.28. The highest BCUT2D eigenvalue weighted by molar-refractivity contribution is 7.12. The zero-order valence-electron chi connectivity index (χ0n) is 12.0. The lowest BCUT2D eigenvalue weighted by atomic mass is 10.0. The first-order valence-corrected chi connectivity index (χ1v) is 7.66. The first-order valence-electron chi connectivity index (χ1n) is 6.78. The van der Waals surface area contributed by atoms with Gasteiger partial charge in [0.1, 0.15) is 17.1 Å². The van der Waals surface area contributed by atoms with Gasteiger partial charge in [0.05, 0.1) is 10.4 Å². The van der Waals surface area contributed by atoms with Gasteiger partial charge in [0.2, 0.25) is 0 Å². The molecule has 2 heterocycles. The number of hydrogen-bond acceptors (Lipinski definition) is 4. The molecule has 0 aliphatic carbocycles. The number of nitrogens with zero attached hydrogens (tertiary/aromatic N) is 2. The van der Waals surface area contributed by atoms with E-state index in [0.717, 1.165) is 21.8 Å². The molecule has 3 rings (SSSR count). The Morgan fingerprint density at radius 3 is 2.90 bits per heavy atom. The number of carbonyl (C=O) groups is 1. The van der Waals surface area contributed by atoms with Gasteiger partial charge < -0.3 is 9.67 Å². The smallest absolute Gasteiger partial charge is 0.173 e. The normalized spacial score (nSPS) is 11.1. The van der Waals surface area contributed by atoms with E-state index in [0.29, 0.717) is 18.4 Å². The maximum atomic E-state index is 12.0. The summed E-state index contributed by atoms with van der Waals surface area (Å²) in [7, 11) is 1.92. The third kappa shape index (κ3) is 2.45. The van der Waals surface area contributed by atoms with Crippen molar-refractivity contribution in [2.75, 3.05) is 0 Å². The summed E-state index contributed by atoms with van der Waals surface area (Å²) in [6, 6.07) is 7.52. The number of phenolic OH excluding ortho intramolecular Hbond substituents is 1. The van der Waals surface area contributed by atoms with Crippen LogP contribution >= 0.6 is 11.3 Å². The molecular formula is C16H16N2O2S. The van der Waals surface area contributed by atoms with Gasteiger partial charge in [0.15, 0.2) is 5.78 Å². The number of ketones is 1. The van der Waals surface area contributed by atoms with E-state index in [1.807, 2.05) is 48.2 Å². The fourth-order valence-corrected chi connectivity index (χ4v) is 3.11. The number of benzene rings is 1. The number of aromatic nitrogens is 2. The summed E-state index contributed by atoms with van der Waals surface area (Å²) in [6.07, 6.45) is 0.916. The number of aryl methyl sites for hydroxylation is 3. The number of phenols is 1. The molecule has 4 nitrogen and oxygen atoms in total. The largest absolute Gasteiger partial charge is 0.505 e. The Labute approximate surface area is 126 Å². The number of carbonyl (C=O) groups excluding carboxylic acids is 1. The Hall–Kier alpha value is -2.14. The van der Waals surface area contributed by atoms with Gasteiger partial charge in [0, 0.05) is 13.5 Å². The number of aromatic hydroxyl groups is 1. The molecule has 0 atom stereocenters. The highest BCUT2D eigenvalue weighted by Crippen LogP contribution is 2.29. The topological polar surface area (TPSA) is 55.1 Å². The van der Waals surface area contributed by atoms with Crippen LogP contribution in [0.25, 0.3) is 11.0 Å². The molecule has 0 saturated carbocycles. The van der Waals surface area contributed by atoms with Gasteiger partial charge >= 0.3 is 0 Å². The monoisotopic (exact) mass is 300 g/mol. The van der Waals surface area contributed by atoms with E-state index >= 15 is 0 Å². The van der Waals surface area contributed by atoms with Crippen molar-refractivity contribution < 1.29 is 9.90 Å². The number of Topliss-reactive ketones (excluding diaryl/α,β-unsaturated/α-hetero) is 1. The van der Waals surface area contributed by atoms with E-state index in [1.165, 1.54) is 11.3 Å². The minimum Gasteiger partial charge on any atom is -0.505 e. The Bertz CT molecular complexity index is 803. The van der Waals surface area contributed by atoms with E-state index in [1.54, 1.807) is 0 Å². The lowest BCUT2D eigenvalue weighted by Crippen LogP contribution is -1.99. The molecule has 1 aromatic carbocycles. The first-order chi connectivity index (χ1) is 10.1. The summed E-state index contributed by atoms with van der Waals surface area (Å²) in [4.78, 5) is 17.2. The Morgan fingerprint density at radius 2 is 2.19 bits per heavy atom. The number of hydrogen-bond donors (Lipinski definition) is 1. The van der Waals surface area contributed by atoms with Crippen molar-refractivity contribution in [2.45, 2.75) is 19.8 Å². The average Bonchev–Trinajstić information content (AvgIpc) is 3.09. The summed E-state index contributed by atoms with van der Waals surface area (Å²) in [5.74, 6) is 1.16. The third-order valence-corrected chi connectivity index (χ3v) is 4.66. The van der Waals surface area contributed by atoms with Gasteiger partial charge in [-0.15, -0.1) is 11.3 Å². The first kappa shape index (κ1) is 13.8. The van der Waals surface area contributed by atoms with Gasteiger partial charge in [-0.3, -0.25) is 4.79 Å². The van der Waals surface area contributed by atoms with Crippen LogP contribution in [0, 0.1) is 6.92 Å². The van der Waals surface area contributed by atoms with E-state index in [9.17, 15) is 9.90 Å². The van der Waals surface area contributed by atoms with Gasteiger partial charge in [-0.2, -0.15) is 0 Å². The highest BCUT2D eigenvalue weighted by Gasteiger charge is 2.14. The van der Waals surface area contributed by atoms with Crippen molar-refractivity contribution in [1.29, 1.82) is 0 Å². The second-order valence-electron chi connectivity index (χ2n) is 5.06. The van der Waals surface area contributed by atoms with Crippen molar-refractivity contribution >= 4 is 28.2 Å². The maximum absolute atomic E-state index is 12.0. The van der Waals surface area contributed by atoms with Crippen LogP contribution in [0.15, 0.2) is 29.6 Å². The standard InChI is InChI=1S/C16H16N2O2S/c1-10-17-15-12(18(10)2)7-5-11(16(15)20)6-8-13(19)14-4-3-9-21-14/h3-5,7,9,20H,6,8H2,1-2H3. The molecule has 0 amide bonds. The van der Waals surface area contributed by atoms with E-state index in [2.05, 4.69) is 4.98 Å². The number of fused-ring (bicyclic) bond motifs is 1. The number of rotatable bonds is 4. The lowest BCUT2D eigenvalue weighted by Gasteiger charge is -2.05. The summed E-state index contributed by atoms with van der Waals surface area (Å²) >= 11 is 1.45. The molecule has 1 N–H and O–H groups in total. The summed E-state index contributed by atoms with van der Waals surface area (Å²) < 4.78 is 1.94. The van der Waals surface area contributed by atoms with Crippen LogP contribution in [0.2, 0.25) is 0 Å². The molecular weight excluding hydrogens is 284 g/mol. The molecule has 0 aliphatic rings. The van der Waals surface area contributed by atoms with Crippen LogP contribution in [-0.2, 0) is 13.5 Å². The molecule has 2 aromatic heterocycles. The number of thiophene rings is 1. The predicted molar refractivity (Wildman–Crippen MR) is 84.1 cm³/mol. The van der Waals surface area contributed by atoms with Crippen molar-refractivity contribution in [1.82, 2.24) is 9.55 Å². The minimum atomic E-state index is 0.113. The molecule has 0 spiro atoms. The molecule has 3 aromatic rings. The molecule has 0 saturated heterocycles. The number of imidazole rings is 1. The predicted octanol–water partition coefficient (Wildman–Crippen LogP) is 3.46. The van der Waals surface area contributed by atoms with Gasteiger partial charge in [-0.05, 0) is 36.4 Å². The van der Waals surface area contributed by atoms with Crippen LogP contribution in [0.1, 0.15) is 27.5 Å². The fourth-order valence-electron chi connectivity index (χ4n) is 2.41. The van der Waals surface area contributed by atoms with Gasteiger partial charge in [0.25, 0.3) is 0 Å². The van der Waals surface area contributed by atoms with Crippen LogP contribution in [-0.4, -0.2) is 20.4 Å². The van der Waals surface area contributed by atoms with Crippen molar-refractivity contribution in [3.63, 3.8) is 0 Å². The lowest BCUT2D eigenvalue weighted by molar-refractivity contribution is 0.0986. The molecule has 0 bridgehead atoms. The molecule has 0 unspecified atom stereocenters. The van der Waals surface area contributed by atoms with Gasteiger partial charge in [-0.1, -0.05) is 12.1 Å². The van der Waals surface area contributed by atoms with E-state index in [4.69, 9.17) is 0 Å². The van der Waals surface area contributed by atoms with E-state index < -0.39 is 0 Å². The second kappa shape index (κ2) is 5.33. The Morgan fingerprint density at radius 1 is 1.38 bits per heavy atom. The molecule has 21 heavy (non-hydrogen) atoms. The molecule has 0 aliphatic heterocycles. The molecule has 108 valence electrons. The maximum Gasteiger partial charge on any atom is 0.173 e. The van der Waals surface area contributed by atoms with Crippen LogP contribution in [0.3, 0.4) is 0 Å². The van der Waals surface area contributed by atoms with Gasteiger partial charge in [-0.25, -0.2) is 4.98 Å². The second-order valence-corrected chi connectivity index (χ2v) is 6.01. The molecule has 5 heteroatoms. The SMILES string of the molecule is Cc1nc2c(O)c(CCC(=O)c3cccs3)ccc2n1C. The van der Waals surface area contributed by atoms with Crippen molar-refractivity contribution in [3.8, 4) is 5.75 Å². The fraction of sp³-hybridized carbons (Fsp3) is 0.250.